The molecule has 0 bridgehead atoms. The SMILES string of the molecule is CCOC(=O)c1sc(C(=O)NNC(=O)c2cccs2)c2c1OCCO2. The van der Waals surface area contributed by atoms with E-state index < -0.39 is 17.8 Å². The van der Waals surface area contributed by atoms with E-state index in [1.54, 1.807) is 24.4 Å². The molecule has 0 radical (unpaired) electrons. The molecular formula is C15H14N2O6S2. The molecule has 2 N–H and O–H groups in total. The summed E-state index contributed by atoms with van der Waals surface area (Å²) >= 11 is 2.14. The summed E-state index contributed by atoms with van der Waals surface area (Å²) in [5.74, 6) is -1.24. The van der Waals surface area contributed by atoms with E-state index in [9.17, 15) is 14.4 Å². The number of hydrogen-bond acceptors (Lipinski definition) is 8. The normalized spacial score (nSPS) is 12.4. The lowest BCUT2D eigenvalue weighted by molar-refractivity contribution is 0.0523. The highest BCUT2D eigenvalue weighted by Crippen LogP contribution is 2.44. The molecule has 3 heterocycles. The van der Waals surface area contributed by atoms with Gasteiger partial charge < -0.3 is 14.2 Å². The van der Waals surface area contributed by atoms with Crippen molar-refractivity contribution in [2.45, 2.75) is 6.92 Å². The molecule has 0 saturated heterocycles. The number of nitrogens with one attached hydrogen (secondary N) is 2. The van der Waals surface area contributed by atoms with Crippen LogP contribution in [0.4, 0.5) is 0 Å². The zero-order valence-electron chi connectivity index (χ0n) is 13.1. The Morgan fingerprint density at radius 3 is 2.44 bits per heavy atom. The van der Waals surface area contributed by atoms with Gasteiger partial charge in [-0.15, -0.1) is 22.7 Å². The number of thiophene rings is 2. The molecular weight excluding hydrogens is 368 g/mol. The first-order valence-corrected chi connectivity index (χ1v) is 9.05. The quantitative estimate of drug-likeness (QED) is 0.618. The van der Waals surface area contributed by atoms with E-state index in [0.29, 0.717) is 4.88 Å². The van der Waals surface area contributed by atoms with Crippen molar-refractivity contribution in [3.8, 4) is 11.5 Å². The van der Waals surface area contributed by atoms with Crippen molar-refractivity contribution in [1.82, 2.24) is 10.9 Å². The summed E-state index contributed by atoms with van der Waals surface area (Å²) in [5.41, 5.74) is 4.63. The zero-order chi connectivity index (χ0) is 17.8. The van der Waals surface area contributed by atoms with E-state index >= 15 is 0 Å². The molecule has 0 spiro atoms. The molecule has 132 valence electrons. The van der Waals surface area contributed by atoms with Crippen LogP contribution in [0.1, 0.15) is 35.9 Å². The number of fused-ring (bicyclic) bond motifs is 1. The van der Waals surface area contributed by atoms with Crippen LogP contribution in [0, 0.1) is 0 Å². The van der Waals surface area contributed by atoms with Gasteiger partial charge in [-0.05, 0) is 18.4 Å². The Hall–Kier alpha value is -2.59. The van der Waals surface area contributed by atoms with Gasteiger partial charge in [0.1, 0.15) is 18.1 Å². The molecule has 1 aliphatic heterocycles. The monoisotopic (exact) mass is 382 g/mol. The van der Waals surface area contributed by atoms with Crippen LogP contribution in [0.15, 0.2) is 17.5 Å². The standard InChI is InChI=1S/C15H14N2O6S2/c1-2-21-15(20)12-10-9(22-5-6-23-10)11(25-12)14(19)17-16-13(18)8-4-3-7-24-8/h3-4,7H,2,5-6H2,1H3,(H,16,18)(H,17,19). The van der Waals surface area contributed by atoms with E-state index in [4.69, 9.17) is 14.2 Å². The van der Waals surface area contributed by atoms with E-state index in [1.165, 1.54) is 11.3 Å². The molecule has 0 atom stereocenters. The summed E-state index contributed by atoms with van der Waals surface area (Å²) in [4.78, 5) is 37.0. The molecule has 0 aromatic carbocycles. The Bertz CT molecular complexity index is 799. The molecule has 0 saturated carbocycles. The lowest BCUT2D eigenvalue weighted by Crippen LogP contribution is -2.41. The van der Waals surface area contributed by atoms with Crippen molar-refractivity contribution >= 4 is 40.5 Å². The third-order valence-corrected chi connectivity index (χ3v) is 5.10. The van der Waals surface area contributed by atoms with Crippen molar-refractivity contribution in [3.63, 3.8) is 0 Å². The maximum atomic E-state index is 12.4. The zero-order valence-corrected chi connectivity index (χ0v) is 14.8. The van der Waals surface area contributed by atoms with Crippen molar-refractivity contribution in [2.75, 3.05) is 19.8 Å². The Kier molecular flexibility index (Phi) is 5.19. The topological polar surface area (TPSA) is 103 Å². The minimum atomic E-state index is -0.604. The predicted molar refractivity (Wildman–Crippen MR) is 90.5 cm³/mol. The fourth-order valence-electron chi connectivity index (χ4n) is 2.07. The fourth-order valence-corrected chi connectivity index (χ4v) is 3.67. The van der Waals surface area contributed by atoms with Crippen molar-refractivity contribution in [1.29, 1.82) is 0 Å². The summed E-state index contributed by atoms with van der Waals surface area (Å²) in [6.45, 7) is 2.41. The number of amides is 2. The van der Waals surface area contributed by atoms with Gasteiger partial charge in [-0.2, -0.15) is 0 Å². The predicted octanol–water partition coefficient (Wildman–Crippen LogP) is 1.83. The van der Waals surface area contributed by atoms with Crippen molar-refractivity contribution < 1.29 is 28.6 Å². The molecule has 0 fully saturated rings. The summed E-state index contributed by atoms with van der Waals surface area (Å²) in [5, 5.41) is 1.75. The average Bonchev–Trinajstić information content (AvgIpc) is 3.27. The van der Waals surface area contributed by atoms with Gasteiger partial charge >= 0.3 is 5.97 Å². The fraction of sp³-hybridized carbons (Fsp3) is 0.267. The number of ether oxygens (including phenoxy) is 3. The van der Waals surface area contributed by atoms with Gasteiger partial charge in [-0.3, -0.25) is 20.4 Å². The first kappa shape index (κ1) is 17.2. The molecule has 2 aromatic rings. The van der Waals surface area contributed by atoms with Crippen LogP contribution in [0.25, 0.3) is 0 Å². The second-order valence-corrected chi connectivity index (χ2v) is 6.69. The Labute approximate surface area is 150 Å². The highest BCUT2D eigenvalue weighted by atomic mass is 32.1. The molecule has 25 heavy (non-hydrogen) atoms. The third-order valence-electron chi connectivity index (χ3n) is 3.10. The first-order valence-electron chi connectivity index (χ1n) is 7.35. The lowest BCUT2D eigenvalue weighted by Gasteiger charge is -2.16. The van der Waals surface area contributed by atoms with Crippen LogP contribution in [0.2, 0.25) is 0 Å². The summed E-state index contributed by atoms with van der Waals surface area (Å²) in [6.07, 6.45) is 0. The van der Waals surface area contributed by atoms with Gasteiger partial charge in [0.05, 0.1) is 11.5 Å². The first-order chi connectivity index (χ1) is 12.1. The largest absolute Gasteiger partial charge is 0.484 e. The summed E-state index contributed by atoms with van der Waals surface area (Å²) < 4.78 is 15.9. The van der Waals surface area contributed by atoms with Crippen LogP contribution in [-0.4, -0.2) is 37.6 Å². The number of carbonyl (C=O) groups is 3. The van der Waals surface area contributed by atoms with E-state index in [1.807, 2.05) is 0 Å². The molecule has 0 aliphatic carbocycles. The lowest BCUT2D eigenvalue weighted by atomic mass is 10.3. The van der Waals surface area contributed by atoms with Gasteiger partial charge in [-0.25, -0.2) is 4.79 Å². The summed E-state index contributed by atoms with van der Waals surface area (Å²) in [6, 6.07) is 3.36. The van der Waals surface area contributed by atoms with E-state index in [0.717, 1.165) is 11.3 Å². The smallest absolute Gasteiger partial charge is 0.352 e. The van der Waals surface area contributed by atoms with Crippen LogP contribution >= 0.6 is 22.7 Å². The second kappa shape index (κ2) is 7.53. The molecule has 8 nitrogen and oxygen atoms in total. The van der Waals surface area contributed by atoms with Crippen LogP contribution < -0.4 is 20.3 Å². The van der Waals surface area contributed by atoms with Crippen LogP contribution in [0.3, 0.4) is 0 Å². The molecule has 3 rings (SSSR count). The summed E-state index contributed by atoms with van der Waals surface area (Å²) in [7, 11) is 0. The van der Waals surface area contributed by atoms with Gasteiger partial charge in [-0.1, -0.05) is 6.07 Å². The molecule has 1 aliphatic rings. The molecule has 0 unspecified atom stereocenters. The van der Waals surface area contributed by atoms with Crippen LogP contribution in [0.5, 0.6) is 11.5 Å². The molecule has 10 heteroatoms. The van der Waals surface area contributed by atoms with E-state index in [-0.39, 0.29) is 41.1 Å². The number of esters is 1. The third kappa shape index (κ3) is 3.59. The second-order valence-electron chi connectivity index (χ2n) is 4.72. The van der Waals surface area contributed by atoms with Gasteiger partial charge in [0.2, 0.25) is 0 Å². The number of rotatable bonds is 4. The minimum Gasteiger partial charge on any atom is -0.484 e. The molecule has 2 aromatic heterocycles. The van der Waals surface area contributed by atoms with Gasteiger partial charge in [0, 0.05) is 0 Å². The maximum absolute atomic E-state index is 12.4. The maximum Gasteiger partial charge on any atom is 0.352 e. The Balaban J connectivity index is 1.78. The van der Waals surface area contributed by atoms with Gasteiger partial charge in [0.25, 0.3) is 11.8 Å². The number of hydrogen-bond donors (Lipinski definition) is 2. The van der Waals surface area contributed by atoms with Gasteiger partial charge in [0.15, 0.2) is 16.4 Å². The highest BCUT2D eigenvalue weighted by Gasteiger charge is 2.32. The van der Waals surface area contributed by atoms with Crippen LogP contribution in [-0.2, 0) is 4.74 Å². The van der Waals surface area contributed by atoms with Crippen molar-refractivity contribution in [2.24, 2.45) is 0 Å². The van der Waals surface area contributed by atoms with E-state index in [2.05, 4.69) is 10.9 Å². The molecule has 2 amide bonds. The Morgan fingerprint density at radius 1 is 1.12 bits per heavy atom. The number of hydrazine groups is 1. The average molecular weight is 382 g/mol. The highest BCUT2D eigenvalue weighted by molar-refractivity contribution is 7.16. The Morgan fingerprint density at radius 2 is 1.80 bits per heavy atom. The minimum absolute atomic E-state index is 0.129. The van der Waals surface area contributed by atoms with Crippen molar-refractivity contribution in [3.05, 3.63) is 32.1 Å². The number of carbonyl (C=O) groups excluding carboxylic acids is 3.